The minimum Gasteiger partial charge on any atom is -0.316 e. The van der Waals surface area contributed by atoms with Crippen molar-refractivity contribution in [3.63, 3.8) is 0 Å². The number of sulfonamides is 1. The summed E-state index contributed by atoms with van der Waals surface area (Å²) in [6.45, 7) is 6.69. The Balaban J connectivity index is 2.22. The quantitative estimate of drug-likeness (QED) is 0.903. The second-order valence-corrected chi connectivity index (χ2v) is 7.92. The largest absolute Gasteiger partial charge is 0.316 e. The van der Waals surface area contributed by atoms with Crippen LogP contribution >= 0.6 is 11.6 Å². The van der Waals surface area contributed by atoms with Crippen molar-refractivity contribution >= 4 is 21.6 Å². The highest BCUT2D eigenvalue weighted by molar-refractivity contribution is 7.89. The molecular formula is C15H23ClN2O2S. The fourth-order valence-corrected chi connectivity index (χ4v) is 4.82. The van der Waals surface area contributed by atoms with E-state index in [4.69, 9.17) is 11.6 Å². The summed E-state index contributed by atoms with van der Waals surface area (Å²) in [6, 6.07) is 5.09. The normalized spacial score (nSPS) is 19.9. The molecule has 1 aromatic carbocycles. The maximum absolute atomic E-state index is 12.8. The van der Waals surface area contributed by atoms with Gasteiger partial charge in [0, 0.05) is 13.1 Å². The lowest BCUT2D eigenvalue weighted by molar-refractivity contribution is 0.298. The molecule has 6 heteroatoms. The average molecular weight is 331 g/mol. The highest BCUT2D eigenvalue weighted by atomic mass is 35.5. The molecular weight excluding hydrogens is 308 g/mol. The van der Waals surface area contributed by atoms with E-state index >= 15 is 0 Å². The molecule has 1 atom stereocenters. The Kier molecular flexibility index (Phi) is 5.66. The average Bonchev–Trinajstić information content (AvgIpc) is 2.45. The molecule has 4 nitrogen and oxygen atoms in total. The number of hydrogen-bond donors (Lipinski definition) is 1. The molecule has 0 amide bonds. The molecule has 1 aliphatic heterocycles. The van der Waals surface area contributed by atoms with E-state index in [-0.39, 0.29) is 4.90 Å². The molecule has 0 aliphatic carbocycles. The number of rotatable bonds is 5. The lowest BCUT2D eigenvalue weighted by atomic mass is 10.00. The molecule has 1 N–H and O–H groups in total. The van der Waals surface area contributed by atoms with Gasteiger partial charge in [0.25, 0.3) is 0 Å². The van der Waals surface area contributed by atoms with Gasteiger partial charge in [-0.3, -0.25) is 0 Å². The Morgan fingerprint density at radius 3 is 2.76 bits per heavy atom. The van der Waals surface area contributed by atoms with Crippen molar-refractivity contribution in [1.29, 1.82) is 0 Å². The van der Waals surface area contributed by atoms with Crippen LogP contribution < -0.4 is 5.32 Å². The maximum atomic E-state index is 12.8. The van der Waals surface area contributed by atoms with Crippen molar-refractivity contribution in [3.8, 4) is 0 Å². The van der Waals surface area contributed by atoms with Gasteiger partial charge in [0.15, 0.2) is 0 Å². The Morgan fingerprint density at radius 1 is 1.43 bits per heavy atom. The molecule has 0 aromatic heterocycles. The zero-order valence-electron chi connectivity index (χ0n) is 12.6. The standard InChI is InChI=1S/C15H23ClN2O2S/c1-3-18(11-13-5-4-8-17-10-13)21(19,20)15-7-6-12(2)9-14(15)16/h6-7,9,13,17H,3-5,8,10-11H2,1-2H3. The summed E-state index contributed by atoms with van der Waals surface area (Å²) in [5, 5.41) is 3.63. The third kappa shape index (κ3) is 3.97. The summed E-state index contributed by atoms with van der Waals surface area (Å²) >= 11 is 6.14. The maximum Gasteiger partial charge on any atom is 0.244 e. The van der Waals surface area contributed by atoms with Crippen molar-refractivity contribution in [3.05, 3.63) is 28.8 Å². The topological polar surface area (TPSA) is 49.4 Å². The SMILES string of the molecule is CCN(CC1CCCNC1)S(=O)(=O)c1ccc(C)cc1Cl. The van der Waals surface area contributed by atoms with Crippen molar-refractivity contribution < 1.29 is 8.42 Å². The summed E-state index contributed by atoms with van der Waals surface area (Å²) < 4.78 is 27.1. The van der Waals surface area contributed by atoms with Crippen LogP contribution in [0.4, 0.5) is 0 Å². The molecule has 1 unspecified atom stereocenters. The Hall–Kier alpha value is -0.620. The molecule has 1 aliphatic rings. The fourth-order valence-electron chi connectivity index (χ4n) is 2.72. The number of nitrogens with zero attached hydrogens (tertiary/aromatic N) is 1. The van der Waals surface area contributed by atoms with E-state index < -0.39 is 10.0 Å². The van der Waals surface area contributed by atoms with E-state index in [0.717, 1.165) is 31.5 Å². The molecule has 1 saturated heterocycles. The van der Waals surface area contributed by atoms with E-state index in [0.29, 0.717) is 24.0 Å². The highest BCUT2D eigenvalue weighted by Crippen LogP contribution is 2.26. The molecule has 0 spiro atoms. The van der Waals surface area contributed by atoms with Crippen LogP contribution in [0.2, 0.25) is 5.02 Å². The summed E-state index contributed by atoms with van der Waals surface area (Å²) in [5.74, 6) is 0.373. The number of aryl methyl sites for hydroxylation is 1. The van der Waals surface area contributed by atoms with Gasteiger partial charge < -0.3 is 5.32 Å². The molecule has 1 aromatic rings. The van der Waals surface area contributed by atoms with Crippen molar-refractivity contribution in [2.75, 3.05) is 26.2 Å². The summed E-state index contributed by atoms with van der Waals surface area (Å²) in [4.78, 5) is 0.209. The van der Waals surface area contributed by atoms with Crippen LogP contribution in [-0.4, -0.2) is 38.9 Å². The van der Waals surface area contributed by atoms with E-state index in [1.165, 1.54) is 0 Å². The molecule has 118 valence electrons. The number of benzene rings is 1. The van der Waals surface area contributed by atoms with Gasteiger partial charge in [0.05, 0.1) is 5.02 Å². The van der Waals surface area contributed by atoms with Crippen molar-refractivity contribution in [2.45, 2.75) is 31.6 Å². The number of piperidine rings is 1. The van der Waals surface area contributed by atoms with Gasteiger partial charge in [0.1, 0.15) is 4.90 Å². The molecule has 0 radical (unpaired) electrons. The van der Waals surface area contributed by atoms with Crippen LogP contribution in [0.3, 0.4) is 0 Å². The third-order valence-corrected chi connectivity index (χ3v) is 6.34. The smallest absolute Gasteiger partial charge is 0.244 e. The second-order valence-electron chi connectivity index (χ2n) is 5.60. The number of halogens is 1. The molecule has 1 heterocycles. The van der Waals surface area contributed by atoms with Gasteiger partial charge in [-0.25, -0.2) is 8.42 Å². The van der Waals surface area contributed by atoms with Crippen LogP contribution in [0.25, 0.3) is 0 Å². The molecule has 0 saturated carbocycles. The fraction of sp³-hybridized carbons (Fsp3) is 0.600. The predicted molar refractivity (Wildman–Crippen MR) is 86.2 cm³/mol. The van der Waals surface area contributed by atoms with E-state index in [1.54, 1.807) is 22.5 Å². The van der Waals surface area contributed by atoms with Crippen molar-refractivity contribution in [1.82, 2.24) is 9.62 Å². The third-order valence-electron chi connectivity index (χ3n) is 3.92. The van der Waals surface area contributed by atoms with Gasteiger partial charge in [0.2, 0.25) is 10.0 Å². The van der Waals surface area contributed by atoms with E-state index in [1.807, 2.05) is 13.8 Å². The predicted octanol–water partition coefficient (Wildman–Crippen LogP) is 2.66. The van der Waals surface area contributed by atoms with Gasteiger partial charge in [-0.05, 0) is 56.5 Å². The zero-order valence-corrected chi connectivity index (χ0v) is 14.2. The van der Waals surface area contributed by atoms with E-state index in [2.05, 4.69) is 5.32 Å². The van der Waals surface area contributed by atoms with Crippen LogP contribution in [0, 0.1) is 12.8 Å². The Labute approximate surface area is 132 Å². The number of nitrogens with one attached hydrogen (secondary N) is 1. The molecule has 21 heavy (non-hydrogen) atoms. The first kappa shape index (κ1) is 16.7. The minimum atomic E-state index is -3.52. The zero-order chi connectivity index (χ0) is 15.5. The van der Waals surface area contributed by atoms with Gasteiger partial charge in [-0.15, -0.1) is 0 Å². The Morgan fingerprint density at radius 2 is 2.19 bits per heavy atom. The first-order valence-electron chi connectivity index (χ1n) is 7.42. The van der Waals surface area contributed by atoms with Crippen LogP contribution in [0.1, 0.15) is 25.3 Å². The van der Waals surface area contributed by atoms with Gasteiger partial charge in [-0.2, -0.15) is 4.31 Å². The lowest BCUT2D eigenvalue weighted by Gasteiger charge is -2.29. The van der Waals surface area contributed by atoms with Crippen LogP contribution in [-0.2, 0) is 10.0 Å². The van der Waals surface area contributed by atoms with Gasteiger partial charge >= 0.3 is 0 Å². The molecule has 1 fully saturated rings. The summed E-state index contributed by atoms with van der Waals surface area (Å²) in [5.41, 5.74) is 0.957. The van der Waals surface area contributed by atoms with E-state index in [9.17, 15) is 8.42 Å². The summed E-state index contributed by atoms with van der Waals surface area (Å²) in [6.07, 6.45) is 2.17. The first-order valence-corrected chi connectivity index (χ1v) is 9.24. The monoisotopic (exact) mass is 330 g/mol. The van der Waals surface area contributed by atoms with Crippen LogP contribution in [0.15, 0.2) is 23.1 Å². The summed E-state index contributed by atoms with van der Waals surface area (Å²) in [7, 11) is -3.52. The van der Waals surface area contributed by atoms with Crippen LogP contribution in [0.5, 0.6) is 0 Å². The highest BCUT2D eigenvalue weighted by Gasteiger charge is 2.28. The number of hydrogen-bond acceptors (Lipinski definition) is 3. The Bertz CT molecular complexity index is 583. The van der Waals surface area contributed by atoms with Gasteiger partial charge in [-0.1, -0.05) is 24.6 Å². The molecule has 0 bridgehead atoms. The lowest BCUT2D eigenvalue weighted by Crippen LogP contribution is -2.41. The second kappa shape index (κ2) is 7.09. The first-order chi connectivity index (χ1) is 9.95. The van der Waals surface area contributed by atoms with Crippen molar-refractivity contribution in [2.24, 2.45) is 5.92 Å². The minimum absolute atomic E-state index is 0.209. The molecule has 2 rings (SSSR count).